The van der Waals surface area contributed by atoms with Crippen LogP contribution in [0.4, 0.5) is 0 Å². The molecule has 0 bridgehead atoms. The summed E-state index contributed by atoms with van der Waals surface area (Å²) in [7, 11) is 1.33. The zero-order chi connectivity index (χ0) is 6.41. The van der Waals surface area contributed by atoms with Gasteiger partial charge < -0.3 is 4.74 Å². The largest absolute Gasteiger partial charge is 0.468 e. The molecule has 0 aromatic rings. The fourth-order valence-corrected chi connectivity index (χ4v) is 0.207. The summed E-state index contributed by atoms with van der Waals surface area (Å²) in [6, 6.07) is 0. The summed E-state index contributed by atoms with van der Waals surface area (Å²) in [4.78, 5) is 10.2. The number of rotatable bonds is 1. The van der Waals surface area contributed by atoms with Crippen molar-refractivity contribution in [3.05, 3.63) is 6.92 Å². The van der Waals surface area contributed by atoms with Crippen LogP contribution in [0.15, 0.2) is 0 Å². The molecular weight excluding hydrogens is 104 g/mol. The van der Waals surface area contributed by atoms with Crippen LogP contribution < -0.4 is 0 Å². The molecule has 1 radical (unpaired) electrons. The van der Waals surface area contributed by atoms with Crippen molar-refractivity contribution in [1.29, 1.82) is 0 Å². The van der Waals surface area contributed by atoms with E-state index >= 15 is 0 Å². The number of ether oxygens (including phenoxy) is 1. The highest BCUT2D eigenvalue weighted by atomic mass is 16.5. The quantitative estimate of drug-likeness (QED) is 0.361. The lowest BCUT2D eigenvalue weighted by Crippen LogP contribution is -1.96. The molecule has 0 aliphatic heterocycles. The predicted octanol–water partition coefficient (Wildman–Crippen LogP) is 0.387. The van der Waals surface area contributed by atoms with Crippen LogP contribution in [0.5, 0.6) is 0 Å². The Labute approximate surface area is 48.8 Å². The first-order valence-electron chi connectivity index (χ1n) is 2.13. The molecule has 0 unspecified atom stereocenters. The summed E-state index contributed by atoms with van der Waals surface area (Å²) < 4.78 is 4.28. The molecule has 2 nitrogen and oxygen atoms in total. The van der Waals surface area contributed by atoms with Crippen LogP contribution in [0.1, 0.15) is 6.42 Å². The minimum absolute atomic E-state index is 0.139. The van der Waals surface area contributed by atoms with Crippen molar-refractivity contribution in [3.63, 3.8) is 0 Å². The maximum absolute atomic E-state index is 10.2. The Morgan fingerprint density at radius 3 is 2.88 bits per heavy atom. The lowest BCUT2D eigenvalue weighted by atomic mass is 10.4. The van der Waals surface area contributed by atoms with E-state index in [0.717, 1.165) is 0 Å². The van der Waals surface area contributed by atoms with E-state index in [2.05, 4.69) is 23.5 Å². The second kappa shape index (κ2) is 4.20. The molecule has 0 atom stereocenters. The highest BCUT2D eigenvalue weighted by molar-refractivity contribution is 5.72. The van der Waals surface area contributed by atoms with Gasteiger partial charge in [0.05, 0.1) is 7.11 Å². The number of methoxy groups -OCH3 is 1. The number of carbonyl (C=O) groups excluding carboxylic acids is 1. The molecule has 0 rings (SSSR count). The third-order valence-electron chi connectivity index (χ3n) is 0.585. The lowest BCUT2D eigenvalue weighted by Gasteiger charge is -1.87. The number of hydrogen-bond acceptors (Lipinski definition) is 2. The summed E-state index contributed by atoms with van der Waals surface area (Å²) in [5, 5.41) is 0. The van der Waals surface area contributed by atoms with Crippen molar-refractivity contribution in [3.8, 4) is 11.8 Å². The summed E-state index contributed by atoms with van der Waals surface area (Å²) in [6.45, 7) is 3.22. The van der Waals surface area contributed by atoms with Crippen LogP contribution in [-0.4, -0.2) is 13.1 Å². The van der Waals surface area contributed by atoms with Crippen LogP contribution in [0.25, 0.3) is 0 Å². The summed E-state index contributed by atoms with van der Waals surface area (Å²) in [6.07, 6.45) is 0.139. The van der Waals surface area contributed by atoms with Gasteiger partial charge in [0.2, 0.25) is 0 Å². The molecule has 0 saturated carbocycles. The van der Waals surface area contributed by atoms with Crippen molar-refractivity contribution in [2.24, 2.45) is 0 Å². The van der Waals surface area contributed by atoms with Crippen molar-refractivity contribution >= 4 is 5.97 Å². The van der Waals surface area contributed by atoms with E-state index in [1.54, 1.807) is 0 Å². The van der Waals surface area contributed by atoms with Gasteiger partial charge in [-0.05, 0) is 0 Å². The van der Waals surface area contributed by atoms with Gasteiger partial charge in [-0.1, -0.05) is 5.92 Å². The molecule has 0 N–H and O–H groups in total. The maximum atomic E-state index is 10.2. The first-order valence-corrected chi connectivity index (χ1v) is 2.13. The predicted molar refractivity (Wildman–Crippen MR) is 29.8 cm³/mol. The Morgan fingerprint density at radius 2 is 2.50 bits per heavy atom. The molecule has 43 valence electrons. The molecule has 0 aliphatic carbocycles. The van der Waals surface area contributed by atoms with Crippen LogP contribution in [-0.2, 0) is 9.53 Å². The van der Waals surface area contributed by atoms with Gasteiger partial charge in [0, 0.05) is 6.92 Å². The minimum atomic E-state index is -0.318. The van der Waals surface area contributed by atoms with Gasteiger partial charge in [-0.15, -0.1) is 5.92 Å². The first-order chi connectivity index (χ1) is 3.81. The smallest absolute Gasteiger partial charge is 0.317 e. The minimum Gasteiger partial charge on any atom is -0.468 e. The van der Waals surface area contributed by atoms with Crippen molar-refractivity contribution < 1.29 is 9.53 Å². The highest BCUT2D eigenvalue weighted by Crippen LogP contribution is 1.78. The number of carbonyl (C=O) groups is 1. The van der Waals surface area contributed by atoms with Gasteiger partial charge in [-0.3, -0.25) is 4.79 Å². The van der Waals surface area contributed by atoms with Crippen LogP contribution in [0, 0.1) is 18.8 Å². The van der Waals surface area contributed by atoms with E-state index in [9.17, 15) is 4.79 Å². The second-order valence-electron chi connectivity index (χ2n) is 1.11. The Bertz CT molecular complexity index is 127. The molecule has 0 saturated heterocycles. The molecule has 0 aromatic heterocycles. The Balaban J connectivity index is 3.35. The van der Waals surface area contributed by atoms with E-state index < -0.39 is 0 Å². The summed E-state index contributed by atoms with van der Waals surface area (Å²) in [5.41, 5.74) is 0. The zero-order valence-electron chi connectivity index (χ0n) is 4.73. The van der Waals surface area contributed by atoms with Gasteiger partial charge in [0.15, 0.2) is 0 Å². The SMILES string of the molecule is [CH2]C#CCC(=O)OC. The summed E-state index contributed by atoms with van der Waals surface area (Å²) in [5.74, 6) is 4.48. The molecular formula is C6H7O2. The molecule has 0 aliphatic rings. The molecule has 0 amide bonds. The molecule has 8 heavy (non-hydrogen) atoms. The third-order valence-corrected chi connectivity index (χ3v) is 0.585. The second-order valence-corrected chi connectivity index (χ2v) is 1.11. The Morgan fingerprint density at radius 1 is 1.88 bits per heavy atom. The topological polar surface area (TPSA) is 26.3 Å². The molecule has 0 fully saturated rings. The van der Waals surface area contributed by atoms with Gasteiger partial charge >= 0.3 is 5.97 Å². The monoisotopic (exact) mass is 111 g/mol. The zero-order valence-corrected chi connectivity index (χ0v) is 4.73. The molecule has 0 aromatic carbocycles. The first kappa shape index (κ1) is 7.03. The standard InChI is InChI=1S/C6H7O2/c1-3-4-5-6(7)8-2/h1,5H2,2H3. The fraction of sp³-hybridized carbons (Fsp3) is 0.333. The van der Waals surface area contributed by atoms with E-state index in [1.165, 1.54) is 7.11 Å². The molecule has 2 heteroatoms. The van der Waals surface area contributed by atoms with E-state index in [4.69, 9.17) is 0 Å². The van der Waals surface area contributed by atoms with E-state index in [0.29, 0.717) is 0 Å². The van der Waals surface area contributed by atoms with Gasteiger partial charge in [-0.25, -0.2) is 0 Å². The van der Waals surface area contributed by atoms with Gasteiger partial charge in [0.1, 0.15) is 6.42 Å². The molecule has 0 heterocycles. The van der Waals surface area contributed by atoms with Crippen LogP contribution >= 0.6 is 0 Å². The summed E-state index contributed by atoms with van der Waals surface area (Å²) >= 11 is 0. The van der Waals surface area contributed by atoms with Gasteiger partial charge in [0.25, 0.3) is 0 Å². The Hall–Kier alpha value is -0.970. The normalized spacial score (nSPS) is 6.75. The van der Waals surface area contributed by atoms with Crippen molar-refractivity contribution in [2.45, 2.75) is 6.42 Å². The van der Waals surface area contributed by atoms with E-state index in [1.807, 2.05) is 0 Å². The maximum Gasteiger partial charge on any atom is 0.317 e. The molecule has 0 spiro atoms. The lowest BCUT2D eigenvalue weighted by molar-refractivity contribution is -0.139. The fourth-order valence-electron chi connectivity index (χ4n) is 0.207. The number of esters is 1. The van der Waals surface area contributed by atoms with Crippen LogP contribution in [0.3, 0.4) is 0 Å². The van der Waals surface area contributed by atoms with Crippen molar-refractivity contribution in [1.82, 2.24) is 0 Å². The Kier molecular flexibility index (Phi) is 3.69. The van der Waals surface area contributed by atoms with Gasteiger partial charge in [-0.2, -0.15) is 0 Å². The highest BCUT2D eigenvalue weighted by Gasteiger charge is 1.91. The van der Waals surface area contributed by atoms with Crippen LogP contribution in [0.2, 0.25) is 0 Å². The van der Waals surface area contributed by atoms with Crippen molar-refractivity contribution in [2.75, 3.05) is 7.11 Å². The average molecular weight is 111 g/mol. The third kappa shape index (κ3) is 3.23. The van der Waals surface area contributed by atoms with E-state index in [-0.39, 0.29) is 12.4 Å². The number of hydrogen-bond donors (Lipinski definition) is 0. The average Bonchev–Trinajstić information content (AvgIpc) is 1.83.